The van der Waals surface area contributed by atoms with Gasteiger partial charge >= 0.3 is 6.36 Å². The van der Waals surface area contributed by atoms with E-state index in [1.165, 1.54) is 42.6 Å². The molecule has 0 unspecified atom stereocenters. The summed E-state index contributed by atoms with van der Waals surface area (Å²) in [7, 11) is 3.05. The molecule has 1 aromatic rings. The van der Waals surface area contributed by atoms with E-state index in [1.54, 1.807) is 13.1 Å². The molecular weight excluding hydrogens is 479 g/mol. The van der Waals surface area contributed by atoms with Crippen LogP contribution in [0.1, 0.15) is 36.6 Å². The van der Waals surface area contributed by atoms with E-state index in [1.807, 2.05) is 13.0 Å². The number of halogens is 3. The number of nitrogens with two attached hydrogens (primary N) is 2. The second-order valence-corrected chi connectivity index (χ2v) is 8.09. The molecule has 35 heavy (non-hydrogen) atoms. The molecule has 0 radical (unpaired) electrons. The molecule has 0 aliphatic rings. The van der Waals surface area contributed by atoms with Gasteiger partial charge in [0, 0.05) is 38.7 Å². The van der Waals surface area contributed by atoms with Crippen LogP contribution in [0.15, 0.2) is 63.8 Å². The third-order valence-electron chi connectivity index (χ3n) is 4.59. The maximum absolute atomic E-state index is 12.7. The quantitative estimate of drug-likeness (QED) is 0.130. The minimum atomic E-state index is -4.89. The van der Waals surface area contributed by atoms with E-state index in [-0.39, 0.29) is 12.1 Å². The molecule has 0 aromatic carbocycles. The highest BCUT2D eigenvalue weighted by atomic mass is 32.1. The number of aromatic nitrogens is 1. The van der Waals surface area contributed by atoms with Crippen LogP contribution in [0, 0.1) is 0 Å². The van der Waals surface area contributed by atoms with Crippen LogP contribution >= 0.6 is 11.3 Å². The van der Waals surface area contributed by atoms with Crippen molar-refractivity contribution < 1.29 is 17.9 Å². The predicted octanol–water partition coefficient (Wildman–Crippen LogP) is 4.83. The number of alkyl halides is 3. The van der Waals surface area contributed by atoms with Crippen LogP contribution in [0.25, 0.3) is 5.57 Å². The van der Waals surface area contributed by atoms with Gasteiger partial charge in [-0.3, -0.25) is 10.4 Å². The molecule has 0 fully saturated rings. The lowest BCUT2D eigenvalue weighted by Crippen LogP contribution is -2.17. The lowest BCUT2D eigenvalue weighted by atomic mass is 10.0. The van der Waals surface area contributed by atoms with E-state index in [2.05, 4.69) is 44.1 Å². The van der Waals surface area contributed by atoms with Crippen LogP contribution in [-0.2, 0) is 11.2 Å². The summed E-state index contributed by atoms with van der Waals surface area (Å²) < 4.78 is 42.2. The van der Waals surface area contributed by atoms with Gasteiger partial charge in [0.1, 0.15) is 10.8 Å². The Balaban J connectivity index is 3.48. The third kappa shape index (κ3) is 10.1. The van der Waals surface area contributed by atoms with Gasteiger partial charge in [-0.15, -0.1) is 24.5 Å². The molecular formula is C23H32F3N7OS. The number of rotatable bonds is 13. The Morgan fingerprint density at radius 2 is 2.03 bits per heavy atom. The smallest absolute Gasteiger partial charge is 0.405 e. The molecule has 1 heterocycles. The SMILES string of the molecule is C=CN/N=C\C(=C/CC(N)=C(C=NC)OC(F)(F)F)c1sc(CC(/C=C\N)=C(\C)CC)nc1NC. The van der Waals surface area contributed by atoms with Gasteiger partial charge in [-0.2, -0.15) is 5.10 Å². The molecule has 0 saturated heterocycles. The zero-order valence-corrected chi connectivity index (χ0v) is 21.1. The van der Waals surface area contributed by atoms with E-state index in [0.717, 1.165) is 28.1 Å². The molecule has 0 atom stereocenters. The Kier molecular flexibility index (Phi) is 12.4. The Morgan fingerprint density at radius 3 is 2.57 bits per heavy atom. The monoisotopic (exact) mass is 511 g/mol. The minimum absolute atomic E-state index is 0.0563. The lowest BCUT2D eigenvalue weighted by molar-refractivity contribution is -0.302. The van der Waals surface area contributed by atoms with Crippen LogP contribution in [0.4, 0.5) is 19.0 Å². The van der Waals surface area contributed by atoms with Crippen LogP contribution < -0.4 is 22.2 Å². The first-order valence-electron chi connectivity index (χ1n) is 10.6. The molecule has 0 saturated carbocycles. The van der Waals surface area contributed by atoms with Crippen molar-refractivity contribution in [2.75, 3.05) is 19.4 Å². The number of hydrogen-bond donors (Lipinski definition) is 4. The van der Waals surface area contributed by atoms with E-state index >= 15 is 0 Å². The van der Waals surface area contributed by atoms with Crippen molar-refractivity contribution in [2.45, 2.75) is 39.5 Å². The summed E-state index contributed by atoms with van der Waals surface area (Å²) in [5.74, 6) is 0.0185. The Hall–Kier alpha value is -3.54. The van der Waals surface area contributed by atoms with E-state index in [9.17, 15) is 13.2 Å². The maximum atomic E-state index is 12.7. The fourth-order valence-electron chi connectivity index (χ4n) is 2.76. The average Bonchev–Trinajstić information content (AvgIpc) is 3.21. The van der Waals surface area contributed by atoms with Crippen molar-refractivity contribution in [1.29, 1.82) is 0 Å². The van der Waals surface area contributed by atoms with Gasteiger partial charge in [0.2, 0.25) is 0 Å². The van der Waals surface area contributed by atoms with Crippen molar-refractivity contribution >= 4 is 35.2 Å². The van der Waals surface area contributed by atoms with Crippen LogP contribution in [0.2, 0.25) is 0 Å². The van der Waals surface area contributed by atoms with E-state index < -0.39 is 12.1 Å². The summed E-state index contributed by atoms with van der Waals surface area (Å²) in [6.45, 7) is 7.64. The first-order valence-corrected chi connectivity index (χ1v) is 11.4. The number of hydrazone groups is 1. The Bertz CT molecular complexity index is 1030. The zero-order chi connectivity index (χ0) is 26.4. The zero-order valence-electron chi connectivity index (χ0n) is 20.2. The normalized spacial score (nSPS) is 14.4. The predicted molar refractivity (Wildman–Crippen MR) is 139 cm³/mol. The van der Waals surface area contributed by atoms with Crippen LogP contribution in [0.3, 0.4) is 0 Å². The Labute approximate surface area is 207 Å². The fraction of sp³-hybridized carbons (Fsp3) is 0.348. The van der Waals surface area contributed by atoms with Crippen LogP contribution in [-0.4, -0.2) is 37.9 Å². The van der Waals surface area contributed by atoms with Gasteiger partial charge in [0.25, 0.3) is 0 Å². The van der Waals surface area contributed by atoms with E-state index in [0.29, 0.717) is 17.8 Å². The highest BCUT2D eigenvalue weighted by Gasteiger charge is 2.32. The first kappa shape index (κ1) is 29.5. The average molecular weight is 512 g/mol. The summed E-state index contributed by atoms with van der Waals surface area (Å²) in [5, 5.41) is 7.94. The summed E-state index contributed by atoms with van der Waals surface area (Å²) in [6, 6.07) is 0. The molecule has 0 spiro atoms. The van der Waals surface area contributed by atoms with Gasteiger partial charge in [-0.05, 0) is 31.2 Å². The number of aliphatic imine (C=N–C) groups is 1. The van der Waals surface area contributed by atoms with Crippen molar-refractivity contribution in [2.24, 2.45) is 21.6 Å². The van der Waals surface area contributed by atoms with Crippen molar-refractivity contribution in [3.8, 4) is 0 Å². The second-order valence-electron chi connectivity index (χ2n) is 7.01. The topological polar surface area (TPSA) is 123 Å². The Morgan fingerprint density at radius 1 is 1.31 bits per heavy atom. The molecule has 12 heteroatoms. The van der Waals surface area contributed by atoms with Gasteiger partial charge in [-0.25, -0.2) is 4.98 Å². The number of nitrogens with zero attached hydrogens (tertiary/aromatic N) is 3. The first-order chi connectivity index (χ1) is 16.6. The van der Waals surface area contributed by atoms with Gasteiger partial charge in [0.15, 0.2) is 5.76 Å². The summed E-state index contributed by atoms with van der Waals surface area (Å²) in [5.41, 5.74) is 16.8. The van der Waals surface area contributed by atoms with Gasteiger partial charge < -0.3 is 21.5 Å². The number of anilines is 1. The maximum Gasteiger partial charge on any atom is 0.573 e. The van der Waals surface area contributed by atoms with Crippen LogP contribution in [0.5, 0.6) is 0 Å². The molecule has 0 aliphatic carbocycles. The number of hydrogen-bond acceptors (Lipinski definition) is 9. The third-order valence-corrected chi connectivity index (χ3v) is 5.69. The molecule has 1 rings (SSSR count). The fourth-order valence-corrected chi connectivity index (χ4v) is 3.86. The summed E-state index contributed by atoms with van der Waals surface area (Å²) in [6.07, 6.45) is 5.30. The minimum Gasteiger partial charge on any atom is -0.405 e. The van der Waals surface area contributed by atoms with Crippen molar-refractivity contribution in [1.82, 2.24) is 10.4 Å². The molecule has 192 valence electrons. The van der Waals surface area contributed by atoms with Gasteiger partial charge in [0.05, 0.1) is 23.0 Å². The highest BCUT2D eigenvalue weighted by Crippen LogP contribution is 2.32. The molecule has 0 aliphatic heterocycles. The number of ether oxygens (including phenoxy) is 1. The number of thiazole rings is 1. The second kappa shape index (κ2) is 14.7. The molecule has 1 aromatic heterocycles. The lowest BCUT2D eigenvalue weighted by Gasteiger charge is -2.11. The van der Waals surface area contributed by atoms with E-state index in [4.69, 9.17) is 11.5 Å². The largest absolute Gasteiger partial charge is 0.573 e. The molecule has 0 bridgehead atoms. The number of allylic oxidation sites excluding steroid dienone is 6. The van der Waals surface area contributed by atoms with Gasteiger partial charge in [-0.1, -0.05) is 25.2 Å². The summed E-state index contributed by atoms with van der Waals surface area (Å²) >= 11 is 1.42. The standard InChI is InChI=1S/C23H32F3N7OS/c1-6-15(3)16(10-11-27)12-20-33-22(30-5)21(35-20)17(13-32-31-7-2)8-9-18(28)19(14-29-4)34-23(24,25)26/h7-8,10-11,13-14,30-31H,2,6,9,12,27-28H2,1,3-5H3/b11-10-,16-15+,17-8+,19-18?,29-14?,32-13-. The highest BCUT2D eigenvalue weighted by molar-refractivity contribution is 7.13. The molecule has 0 amide bonds. The van der Waals surface area contributed by atoms with Crippen molar-refractivity contribution in [3.05, 3.63) is 63.6 Å². The number of nitrogens with one attached hydrogen (secondary N) is 2. The molecule has 8 nitrogen and oxygen atoms in total. The van der Waals surface area contributed by atoms with Crippen molar-refractivity contribution in [3.63, 3.8) is 0 Å². The summed E-state index contributed by atoms with van der Waals surface area (Å²) in [4.78, 5) is 9.00. The molecule has 6 N–H and O–H groups in total.